The number of rotatable bonds is 3. The van der Waals surface area contributed by atoms with Crippen LogP contribution in [-0.2, 0) is 13.5 Å². The largest absolute Gasteiger partial charge is 0.292 e. The molecule has 0 N–H and O–H groups in total. The van der Waals surface area contributed by atoms with Crippen molar-refractivity contribution in [3.05, 3.63) is 41.2 Å². The van der Waals surface area contributed by atoms with Gasteiger partial charge in [-0.25, -0.2) is 9.97 Å². The molecule has 2 aromatic heterocycles. The summed E-state index contributed by atoms with van der Waals surface area (Å²) in [7, 11) is 1.83. The number of ketones is 1. The molecule has 2 aromatic rings. The van der Waals surface area contributed by atoms with E-state index in [9.17, 15) is 4.79 Å². The van der Waals surface area contributed by atoms with Crippen molar-refractivity contribution in [2.45, 2.75) is 20.3 Å². The lowest BCUT2D eigenvalue weighted by atomic mass is 10.1. The second-order valence-corrected chi connectivity index (χ2v) is 3.99. The Labute approximate surface area is 99.5 Å². The lowest BCUT2D eigenvalue weighted by Crippen LogP contribution is -2.10. The maximum absolute atomic E-state index is 12.0. The van der Waals surface area contributed by atoms with Crippen LogP contribution in [0.1, 0.15) is 27.7 Å². The maximum Gasteiger partial charge on any atom is 0.187 e. The van der Waals surface area contributed by atoms with Crippen molar-refractivity contribution in [3.8, 4) is 0 Å². The van der Waals surface area contributed by atoms with E-state index in [0.29, 0.717) is 17.9 Å². The zero-order chi connectivity index (χ0) is 12.4. The summed E-state index contributed by atoms with van der Waals surface area (Å²) in [6.07, 6.45) is 1.91. The van der Waals surface area contributed by atoms with E-state index in [1.807, 2.05) is 20.0 Å². The molecular formula is C12H14N4O. The fraction of sp³-hybridized carbons (Fsp3) is 0.333. The molecule has 17 heavy (non-hydrogen) atoms. The molecule has 0 saturated carbocycles. The predicted octanol–water partition coefficient (Wildman–Crippen LogP) is 1.25. The summed E-state index contributed by atoms with van der Waals surface area (Å²) in [6.45, 7) is 3.67. The topological polar surface area (TPSA) is 60.7 Å². The third kappa shape index (κ3) is 2.55. The first kappa shape index (κ1) is 11.4. The molecule has 0 aliphatic carbocycles. The van der Waals surface area contributed by atoms with Gasteiger partial charge in [-0.3, -0.25) is 9.48 Å². The number of hydrogen-bond acceptors (Lipinski definition) is 4. The van der Waals surface area contributed by atoms with E-state index in [4.69, 9.17) is 0 Å². The smallest absolute Gasteiger partial charge is 0.187 e. The summed E-state index contributed by atoms with van der Waals surface area (Å²) in [4.78, 5) is 20.1. The summed E-state index contributed by atoms with van der Waals surface area (Å²) < 4.78 is 1.72. The van der Waals surface area contributed by atoms with Crippen LogP contribution >= 0.6 is 0 Å². The van der Waals surface area contributed by atoms with Crippen molar-refractivity contribution in [2.24, 2.45) is 7.05 Å². The van der Waals surface area contributed by atoms with Gasteiger partial charge in [0.25, 0.3) is 0 Å². The number of aromatic nitrogens is 4. The van der Waals surface area contributed by atoms with Crippen molar-refractivity contribution in [2.75, 3.05) is 0 Å². The van der Waals surface area contributed by atoms with Gasteiger partial charge in [-0.05, 0) is 26.0 Å². The number of nitrogens with zero attached hydrogens (tertiary/aromatic N) is 4. The first-order chi connectivity index (χ1) is 8.06. The fourth-order valence-corrected chi connectivity index (χ4v) is 1.70. The van der Waals surface area contributed by atoms with Gasteiger partial charge in [-0.15, -0.1) is 0 Å². The third-order valence-corrected chi connectivity index (χ3v) is 2.50. The van der Waals surface area contributed by atoms with Gasteiger partial charge < -0.3 is 0 Å². The highest BCUT2D eigenvalue weighted by molar-refractivity contribution is 5.95. The minimum Gasteiger partial charge on any atom is -0.292 e. The molecule has 88 valence electrons. The van der Waals surface area contributed by atoms with Gasteiger partial charge in [-0.2, -0.15) is 5.10 Å². The molecule has 5 heteroatoms. The molecular weight excluding hydrogens is 216 g/mol. The molecule has 0 aromatic carbocycles. The van der Waals surface area contributed by atoms with Crippen molar-refractivity contribution in [3.63, 3.8) is 0 Å². The van der Waals surface area contributed by atoms with E-state index in [-0.39, 0.29) is 5.78 Å². The van der Waals surface area contributed by atoms with Gasteiger partial charge >= 0.3 is 0 Å². The Morgan fingerprint density at radius 2 is 2.18 bits per heavy atom. The minimum atomic E-state index is -0.0153. The molecule has 0 saturated heterocycles. The molecule has 0 bridgehead atoms. The molecule has 0 fully saturated rings. The van der Waals surface area contributed by atoms with Crippen LogP contribution in [0.2, 0.25) is 0 Å². The molecule has 0 unspecified atom stereocenters. The Bertz CT molecular complexity index is 559. The first-order valence-electron chi connectivity index (χ1n) is 5.38. The Balaban J connectivity index is 2.20. The lowest BCUT2D eigenvalue weighted by Gasteiger charge is -2.01. The van der Waals surface area contributed by atoms with Crippen molar-refractivity contribution < 1.29 is 4.79 Å². The Morgan fingerprint density at radius 1 is 1.41 bits per heavy atom. The van der Waals surface area contributed by atoms with E-state index in [1.165, 1.54) is 0 Å². The van der Waals surface area contributed by atoms with E-state index in [1.54, 1.807) is 23.9 Å². The number of carbonyl (C=O) groups is 1. The van der Waals surface area contributed by atoms with Gasteiger partial charge in [0.15, 0.2) is 5.78 Å². The summed E-state index contributed by atoms with van der Waals surface area (Å²) in [5.74, 6) is 0.593. The van der Waals surface area contributed by atoms with Gasteiger partial charge in [0.1, 0.15) is 11.5 Å². The molecule has 0 amide bonds. The second kappa shape index (κ2) is 4.45. The number of aryl methyl sites for hydroxylation is 3. The average molecular weight is 230 g/mol. The number of Topliss-reactive ketones (excluding diaryl/α,β-unsaturated/α-hetero) is 1. The van der Waals surface area contributed by atoms with Gasteiger partial charge in [-0.1, -0.05) is 0 Å². The van der Waals surface area contributed by atoms with Crippen LogP contribution in [0.25, 0.3) is 0 Å². The van der Waals surface area contributed by atoms with Crippen LogP contribution in [-0.4, -0.2) is 25.5 Å². The Kier molecular flexibility index (Phi) is 2.99. The van der Waals surface area contributed by atoms with Crippen LogP contribution in [0.3, 0.4) is 0 Å². The quantitative estimate of drug-likeness (QED) is 0.744. The van der Waals surface area contributed by atoms with Crippen LogP contribution in [0.4, 0.5) is 0 Å². The Hall–Kier alpha value is -2.04. The molecule has 2 heterocycles. The molecule has 0 spiro atoms. The third-order valence-electron chi connectivity index (χ3n) is 2.50. The SMILES string of the molecule is Cc1cc(CC(=O)c2ccnc(C)n2)n(C)n1. The summed E-state index contributed by atoms with van der Waals surface area (Å²) in [6, 6.07) is 3.55. The normalized spacial score (nSPS) is 10.5. The summed E-state index contributed by atoms with van der Waals surface area (Å²) in [5, 5.41) is 4.21. The number of hydrogen-bond donors (Lipinski definition) is 0. The van der Waals surface area contributed by atoms with Crippen LogP contribution in [0.15, 0.2) is 18.3 Å². The lowest BCUT2D eigenvalue weighted by molar-refractivity contribution is 0.0985. The fourth-order valence-electron chi connectivity index (χ4n) is 1.70. The van der Waals surface area contributed by atoms with Crippen molar-refractivity contribution >= 4 is 5.78 Å². The van der Waals surface area contributed by atoms with E-state index >= 15 is 0 Å². The molecule has 0 aliphatic rings. The Morgan fingerprint density at radius 3 is 2.76 bits per heavy atom. The van der Waals surface area contributed by atoms with Crippen molar-refractivity contribution in [1.82, 2.24) is 19.7 Å². The van der Waals surface area contributed by atoms with Gasteiger partial charge in [0.2, 0.25) is 0 Å². The summed E-state index contributed by atoms with van der Waals surface area (Å²) in [5.41, 5.74) is 2.26. The van der Waals surface area contributed by atoms with E-state index in [0.717, 1.165) is 11.4 Å². The minimum absolute atomic E-state index is 0.0153. The first-order valence-corrected chi connectivity index (χ1v) is 5.38. The highest BCUT2D eigenvalue weighted by atomic mass is 16.1. The van der Waals surface area contributed by atoms with Crippen LogP contribution in [0.5, 0.6) is 0 Å². The molecule has 0 radical (unpaired) electrons. The molecule has 0 aliphatic heterocycles. The predicted molar refractivity (Wildman–Crippen MR) is 62.7 cm³/mol. The molecule has 2 rings (SSSR count). The average Bonchev–Trinajstić information content (AvgIpc) is 2.57. The van der Waals surface area contributed by atoms with Gasteiger partial charge in [0, 0.05) is 18.9 Å². The van der Waals surface area contributed by atoms with E-state index in [2.05, 4.69) is 15.1 Å². The van der Waals surface area contributed by atoms with Gasteiger partial charge in [0.05, 0.1) is 12.1 Å². The second-order valence-electron chi connectivity index (χ2n) is 3.99. The maximum atomic E-state index is 12.0. The molecule has 5 nitrogen and oxygen atoms in total. The van der Waals surface area contributed by atoms with Crippen LogP contribution < -0.4 is 0 Å². The van der Waals surface area contributed by atoms with Crippen molar-refractivity contribution in [1.29, 1.82) is 0 Å². The standard InChI is InChI=1S/C12H14N4O/c1-8-6-10(16(3)15-8)7-12(17)11-4-5-13-9(2)14-11/h4-6H,7H2,1-3H3. The van der Waals surface area contributed by atoms with Crippen LogP contribution in [0, 0.1) is 13.8 Å². The number of carbonyl (C=O) groups excluding carboxylic acids is 1. The highest BCUT2D eigenvalue weighted by Gasteiger charge is 2.12. The molecule has 0 atom stereocenters. The highest BCUT2D eigenvalue weighted by Crippen LogP contribution is 2.07. The zero-order valence-corrected chi connectivity index (χ0v) is 10.1. The monoisotopic (exact) mass is 230 g/mol. The van der Waals surface area contributed by atoms with E-state index < -0.39 is 0 Å². The summed E-state index contributed by atoms with van der Waals surface area (Å²) >= 11 is 0. The zero-order valence-electron chi connectivity index (χ0n) is 10.1.